The van der Waals surface area contributed by atoms with Crippen LogP contribution in [0.25, 0.3) is 0 Å². The number of hydrogen-bond acceptors (Lipinski definition) is 3. The van der Waals surface area contributed by atoms with Crippen LogP contribution in [-0.4, -0.2) is 36.3 Å². The number of anilines is 1. The molecule has 1 aliphatic heterocycles. The number of nitrogens with one attached hydrogen (secondary N) is 1. The summed E-state index contributed by atoms with van der Waals surface area (Å²) >= 11 is 0. The van der Waals surface area contributed by atoms with Gasteiger partial charge in [-0.1, -0.05) is 18.6 Å². The van der Waals surface area contributed by atoms with Gasteiger partial charge < -0.3 is 16.0 Å². The van der Waals surface area contributed by atoms with Gasteiger partial charge in [0, 0.05) is 19.0 Å². The van der Waals surface area contributed by atoms with Crippen LogP contribution < -0.4 is 11.1 Å². The predicted octanol–water partition coefficient (Wildman–Crippen LogP) is 3.05. The molecular weight excluding hydrogens is 338 g/mol. The quantitative estimate of drug-likeness (QED) is 0.861. The maximum absolute atomic E-state index is 12.8. The van der Waals surface area contributed by atoms with Crippen molar-refractivity contribution in [1.82, 2.24) is 4.90 Å². The monoisotopic (exact) mass is 365 g/mol. The van der Waals surface area contributed by atoms with Gasteiger partial charge >= 0.3 is 0 Å². The molecule has 5 nitrogen and oxygen atoms in total. The third-order valence-electron chi connectivity index (χ3n) is 5.36. The number of hydrogen-bond donors (Lipinski definition) is 2. The second-order valence-corrected chi connectivity index (χ2v) is 6.92. The molecule has 0 radical (unpaired) electrons. The first-order valence-corrected chi connectivity index (χ1v) is 9.10. The molecule has 2 amide bonds. The summed E-state index contributed by atoms with van der Waals surface area (Å²) in [6.45, 7) is 2.16. The number of benzene rings is 1. The predicted molar refractivity (Wildman–Crippen MR) is 102 cm³/mol. The summed E-state index contributed by atoms with van der Waals surface area (Å²) in [5, 5.41) is 2.99. The van der Waals surface area contributed by atoms with Crippen molar-refractivity contribution in [2.75, 3.05) is 25.0 Å². The van der Waals surface area contributed by atoms with Crippen LogP contribution in [0.2, 0.25) is 0 Å². The summed E-state index contributed by atoms with van der Waals surface area (Å²) < 4.78 is 0. The second-order valence-electron chi connectivity index (χ2n) is 6.92. The Balaban J connectivity index is 0.00000225. The average Bonchev–Trinajstić information content (AvgIpc) is 3.11. The molecule has 2 fully saturated rings. The molecule has 2 atom stereocenters. The van der Waals surface area contributed by atoms with Crippen molar-refractivity contribution in [2.24, 2.45) is 17.6 Å². The summed E-state index contributed by atoms with van der Waals surface area (Å²) in [4.78, 5) is 27.3. The number of piperidine rings is 1. The number of para-hydroxylation sites is 1. The van der Waals surface area contributed by atoms with Crippen LogP contribution in [0.1, 0.15) is 48.9 Å². The lowest BCUT2D eigenvalue weighted by Gasteiger charge is -2.27. The molecule has 3 N–H and O–H groups in total. The summed E-state index contributed by atoms with van der Waals surface area (Å²) in [5.41, 5.74) is 7.01. The molecular formula is C19H28ClN3O2. The lowest BCUT2D eigenvalue weighted by Crippen LogP contribution is -2.36. The number of likely N-dealkylation sites (tertiary alicyclic amines) is 1. The van der Waals surface area contributed by atoms with Gasteiger partial charge in [0.05, 0.1) is 11.3 Å². The van der Waals surface area contributed by atoms with E-state index in [1.54, 1.807) is 0 Å². The minimum absolute atomic E-state index is 0. The summed E-state index contributed by atoms with van der Waals surface area (Å²) in [6, 6.07) is 7.34. The highest BCUT2D eigenvalue weighted by Crippen LogP contribution is 2.32. The van der Waals surface area contributed by atoms with Crippen LogP contribution in [0.5, 0.6) is 0 Å². The van der Waals surface area contributed by atoms with E-state index in [-0.39, 0.29) is 36.1 Å². The zero-order chi connectivity index (χ0) is 16.9. The number of amides is 2. The largest absolute Gasteiger partial charge is 0.339 e. The Morgan fingerprint density at radius 3 is 2.52 bits per heavy atom. The van der Waals surface area contributed by atoms with Gasteiger partial charge in [0.15, 0.2) is 0 Å². The van der Waals surface area contributed by atoms with E-state index < -0.39 is 0 Å². The zero-order valence-corrected chi connectivity index (χ0v) is 15.4. The van der Waals surface area contributed by atoms with Crippen LogP contribution >= 0.6 is 12.4 Å². The topological polar surface area (TPSA) is 75.4 Å². The van der Waals surface area contributed by atoms with Crippen LogP contribution in [0, 0.1) is 11.8 Å². The van der Waals surface area contributed by atoms with E-state index in [9.17, 15) is 9.59 Å². The van der Waals surface area contributed by atoms with E-state index in [1.165, 1.54) is 6.42 Å². The first-order chi connectivity index (χ1) is 11.7. The Morgan fingerprint density at radius 2 is 1.80 bits per heavy atom. The van der Waals surface area contributed by atoms with E-state index in [0.717, 1.165) is 45.2 Å². The maximum atomic E-state index is 12.8. The molecule has 138 valence electrons. The van der Waals surface area contributed by atoms with Gasteiger partial charge in [-0.3, -0.25) is 9.59 Å². The highest BCUT2D eigenvalue weighted by molar-refractivity contribution is 6.04. The van der Waals surface area contributed by atoms with Crippen LogP contribution in [0.4, 0.5) is 5.69 Å². The number of nitrogens with two attached hydrogens (primary N) is 1. The molecule has 1 aliphatic carbocycles. The Kier molecular flexibility index (Phi) is 7.26. The lowest BCUT2D eigenvalue weighted by molar-refractivity contribution is -0.120. The number of carbonyl (C=O) groups excluding carboxylic acids is 2. The van der Waals surface area contributed by atoms with Gasteiger partial charge in [0.25, 0.3) is 5.91 Å². The van der Waals surface area contributed by atoms with Crippen molar-refractivity contribution in [3.8, 4) is 0 Å². The average molecular weight is 366 g/mol. The number of carbonyl (C=O) groups is 2. The van der Waals surface area contributed by atoms with Crippen LogP contribution in [0.3, 0.4) is 0 Å². The molecule has 2 aliphatic rings. The van der Waals surface area contributed by atoms with Crippen LogP contribution in [0.15, 0.2) is 24.3 Å². The van der Waals surface area contributed by atoms with Gasteiger partial charge in [0.2, 0.25) is 5.91 Å². The summed E-state index contributed by atoms with van der Waals surface area (Å²) in [6.07, 6.45) is 6.25. The van der Waals surface area contributed by atoms with E-state index in [1.807, 2.05) is 29.2 Å². The third kappa shape index (κ3) is 4.53. The summed E-state index contributed by atoms with van der Waals surface area (Å²) in [5.74, 6) is 0.248. The van der Waals surface area contributed by atoms with Crippen LogP contribution in [-0.2, 0) is 4.79 Å². The van der Waals surface area contributed by atoms with Crippen molar-refractivity contribution in [1.29, 1.82) is 0 Å². The molecule has 0 bridgehead atoms. The standard InChI is InChI=1S/C19H27N3O2.ClH/c20-13-14-7-6-9-15(14)18(23)21-17-10-3-2-8-16(17)19(24)22-11-4-1-5-12-22;/h2-3,8,10,14-15H,1,4-7,9,11-13,20H2,(H,21,23);1H/t14-,15-;/m1./s1. The van der Waals surface area contributed by atoms with E-state index in [4.69, 9.17) is 5.73 Å². The van der Waals surface area contributed by atoms with Crippen molar-refractivity contribution < 1.29 is 9.59 Å². The minimum Gasteiger partial charge on any atom is -0.339 e. The van der Waals surface area contributed by atoms with E-state index in [2.05, 4.69) is 5.32 Å². The Hall–Kier alpha value is -1.59. The first kappa shape index (κ1) is 19.7. The fourth-order valence-electron chi connectivity index (χ4n) is 3.94. The minimum atomic E-state index is -0.0341. The molecule has 6 heteroatoms. The van der Waals surface area contributed by atoms with Crippen molar-refractivity contribution in [3.05, 3.63) is 29.8 Å². The maximum Gasteiger partial charge on any atom is 0.255 e. The molecule has 1 aromatic rings. The molecule has 3 rings (SSSR count). The Labute approximate surface area is 155 Å². The smallest absolute Gasteiger partial charge is 0.255 e. The van der Waals surface area contributed by atoms with E-state index >= 15 is 0 Å². The summed E-state index contributed by atoms with van der Waals surface area (Å²) in [7, 11) is 0. The molecule has 1 aromatic carbocycles. The highest BCUT2D eigenvalue weighted by atomic mass is 35.5. The van der Waals surface area contributed by atoms with Crippen molar-refractivity contribution in [2.45, 2.75) is 38.5 Å². The highest BCUT2D eigenvalue weighted by Gasteiger charge is 2.32. The van der Waals surface area contributed by atoms with E-state index in [0.29, 0.717) is 17.8 Å². The number of nitrogens with zero attached hydrogens (tertiary/aromatic N) is 1. The fraction of sp³-hybridized carbons (Fsp3) is 0.579. The zero-order valence-electron chi connectivity index (χ0n) is 14.6. The number of rotatable bonds is 4. The SMILES string of the molecule is Cl.NC[C@H]1CCC[C@H]1C(=O)Nc1ccccc1C(=O)N1CCCCC1. The molecule has 0 spiro atoms. The van der Waals surface area contributed by atoms with Gasteiger partial charge in [0.1, 0.15) is 0 Å². The lowest BCUT2D eigenvalue weighted by atomic mass is 9.95. The fourth-order valence-corrected chi connectivity index (χ4v) is 3.94. The third-order valence-corrected chi connectivity index (χ3v) is 5.36. The van der Waals surface area contributed by atoms with Gasteiger partial charge in [-0.25, -0.2) is 0 Å². The van der Waals surface area contributed by atoms with Gasteiger partial charge in [-0.2, -0.15) is 0 Å². The first-order valence-electron chi connectivity index (χ1n) is 9.10. The van der Waals surface area contributed by atoms with Crippen molar-refractivity contribution >= 4 is 29.9 Å². The molecule has 0 aromatic heterocycles. The Bertz CT molecular complexity index is 602. The van der Waals surface area contributed by atoms with Gasteiger partial charge in [-0.15, -0.1) is 12.4 Å². The molecule has 1 saturated heterocycles. The second kappa shape index (κ2) is 9.20. The van der Waals surface area contributed by atoms with Gasteiger partial charge in [-0.05, 0) is 56.7 Å². The normalized spacial score (nSPS) is 23.0. The van der Waals surface area contributed by atoms with Crippen molar-refractivity contribution in [3.63, 3.8) is 0 Å². The number of halogens is 1. The molecule has 1 saturated carbocycles. The molecule has 0 unspecified atom stereocenters. The molecule has 25 heavy (non-hydrogen) atoms. The molecule has 1 heterocycles. The Morgan fingerprint density at radius 1 is 1.08 bits per heavy atom.